The van der Waals surface area contributed by atoms with Crippen LogP contribution in [-0.2, 0) is 7.05 Å². The molecule has 112 valence electrons. The molecule has 1 unspecified atom stereocenters. The molecule has 0 fully saturated rings. The number of ether oxygens (including phenoxy) is 2. The summed E-state index contributed by atoms with van der Waals surface area (Å²) in [6.45, 7) is 1.92. The summed E-state index contributed by atoms with van der Waals surface area (Å²) in [5.74, 6) is 1.37. The first-order valence-electron chi connectivity index (χ1n) is 6.73. The van der Waals surface area contributed by atoms with Crippen LogP contribution in [0, 0.1) is 6.92 Å². The minimum Gasteiger partial charge on any atom is -0.485 e. The van der Waals surface area contributed by atoms with Crippen molar-refractivity contribution < 1.29 is 14.6 Å². The van der Waals surface area contributed by atoms with E-state index in [4.69, 9.17) is 9.47 Å². The topological polar surface area (TPSA) is 56.5 Å². The van der Waals surface area contributed by atoms with Crippen LogP contribution in [0.25, 0.3) is 0 Å². The standard InChI is InChI=1S/C15H17BrN2O3/c1-8-14(15(20-3)18(2)17-8)13-7-11(19)10-6-9(16)4-5-12(10)21-13/h4-6,11,13,19H,7H2,1-3H3/t11-,13?/m0/s1. The summed E-state index contributed by atoms with van der Waals surface area (Å²) < 4.78 is 14.1. The maximum Gasteiger partial charge on any atom is 0.218 e. The molecule has 6 heteroatoms. The molecule has 1 N–H and O–H groups in total. The second-order valence-electron chi connectivity index (χ2n) is 5.17. The van der Waals surface area contributed by atoms with Crippen molar-refractivity contribution >= 4 is 15.9 Å². The number of halogens is 1. The third-order valence-electron chi connectivity index (χ3n) is 3.77. The fraction of sp³-hybridized carbons (Fsp3) is 0.400. The average Bonchev–Trinajstić information content (AvgIpc) is 2.73. The van der Waals surface area contributed by atoms with Gasteiger partial charge in [0, 0.05) is 23.5 Å². The van der Waals surface area contributed by atoms with E-state index < -0.39 is 6.10 Å². The number of hydrogen-bond donors (Lipinski definition) is 1. The normalized spacial score (nSPS) is 20.8. The summed E-state index contributed by atoms with van der Waals surface area (Å²) in [6, 6.07) is 5.66. The Morgan fingerprint density at radius 2 is 2.24 bits per heavy atom. The van der Waals surface area contributed by atoms with Gasteiger partial charge in [-0.3, -0.25) is 0 Å². The number of aliphatic hydroxyl groups excluding tert-OH is 1. The Kier molecular flexibility index (Phi) is 3.67. The first-order valence-corrected chi connectivity index (χ1v) is 7.52. The number of nitrogens with zero attached hydrogens (tertiary/aromatic N) is 2. The highest BCUT2D eigenvalue weighted by molar-refractivity contribution is 9.10. The Bertz CT molecular complexity index is 684. The second kappa shape index (κ2) is 5.35. The average molecular weight is 353 g/mol. The molecule has 0 radical (unpaired) electrons. The number of aromatic nitrogens is 2. The Labute approximate surface area is 131 Å². The zero-order valence-corrected chi connectivity index (χ0v) is 13.7. The van der Waals surface area contributed by atoms with Crippen LogP contribution >= 0.6 is 15.9 Å². The molecule has 5 nitrogen and oxygen atoms in total. The number of aryl methyl sites for hydroxylation is 2. The highest BCUT2D eigenvalue weighted by atomic mass is 79.9. The van der Waals surface area contributed by atoms with E-state index in [9.17, 15) is 5.11 Å². The maximum absolute atomic E-state index is 10.4. The van der Waals surface area contributed by atoms with Gasteiger partial charge in [-0.1, -0.05) is 15.9 Å². The van der Waals surface area contributed by atoms with Crippen LogP contribution in [0.4, 0.5) is 0 Å². The van der Waals surface area contributed by atoms with Crippen molar-refractivity contribution in [3.05, 3.63) is 39.5 Å². The predicted octanol–water partition coefficient (Wildman–Crippen LogP) is 3.06. The van der Waals surface area contributed by atoms with E-state index in [2.05, 4.69) is 21.0 Å². The highest BCUT2D eigenvalue weighted by Crippen LogP contribution is 2.44. The van der Waals surface area contributed by atoms with Crippen molar-refractivity contribution in [1.29, 1.82) is 0 Å². The molecular formula is C15H17BrN2O3. The van der Waals surface area contributed by atoms with Gasteiger partial charge in [-0.05, 0) is 25.1 Å². The molecule has 2 aromatic rings. The highest BCUT2D eigenvalue weighted by Gasteiger charge is 2.33. The van der Waals surface area contributed by atoms with Crippen LogP contribution in [0.3, 0.4) is 0 Å². The van der Waals surface area contributed by atoms with E-state index in [1.165, 1.54) is 0 Å². The van der Waals surface area contributed by atoms with E-state index in [0.717, 1.165) is 21.3 Å². The fourth-order valence-corrected chi connectivity index (χ4v) is 3.24. The molecule has 0 bridgehead atoms. The molecule has 1 aromatic carbocycles. The van der Waals surface area contributed by atoms with Crippen molar-refractivity contribution in [3.8, 4) is 11.6 Å². The van der Waals surface area contributed by atoms with Crippen LogP contribution in [0.15, 0.2) is 22.7 Å². The minimum absolute atomic E-state index is 0.266. The molecule has 0 saturated heterocycles. The SMILES string of the molecule is COc1c(C2C[C@H](O)c3cc(Br)ccc3O2)c(C)nn1C. The summed E-state index contributed by atoms with van der Waals surface area (Å²) in [4.78, 5) is 0. The van der Waals surface area contributed by atoms with Crippen molar-refractivity contribution in [2.45, 2.75) is 25.6 Å². The van der Waals surface area contributed by atoms with Gasteiger partial charge in [0.2, 0.25) is 5.88 Å². The lowest BCUT2D eigenvalue weighted by Crippen LogP contribution is -2.20. The molecule has 1 aliphatic rings. The van der Waals surface area contributed by atoms with Gasteiger partial charge < -0.3 is 14.6 Å². The zero-order valence-electron chi connectivity index (χ0n) is 12.1. The van der Waals surface area contributed by atoms with E-state index in [0.29, 0.717) is 18.1 Å². The Morgan fingerprint density at radius 3 is 2.95 bits per heavy atom. The number of aliphatic hydroxyl groups is 1. The van der Waals surface area contributed by atoms with E-state index in [1.54, 1.807) is 11.8 Å². The molecule has 1 aliphatic heterocycles. The second-order valence-corrected chi connectivity index (χ2v) is 6.09. The first-order chi connectivity index (χ1) is 10.0. The molecule has 2 atom stereocenters. The van der Waals surface area contributed by atoms with E-state index in [-0.39, 0.29) is 6.10 Å². The third kappa shape index (κ3) is 2.42. The Balaban J connectivity index is 2.02. The lowest BCUT2D eigenvalue weighted by Gasteiger charge is -2.30. The number of methoxy groups -OCH3 is 1. The summed E-state index contributed by atoms with van der Waals surface area (Å²) in [5.41, 5.74) is 2.56. The van der Waals surface area contributed by atoms with Crippen LogP contribution < -0.4 is 9.47 Å². The molecule has 0 aliphatic carbocycles. The summed E-state index contributed by atoms with van der Waals surface area (Å²) >= 11 is 3.42. The van der Waals surface area contributed by atoms with Crippen LogP contribution in [0.1, 0.15) is 35.4 Å². The Hall–Kier alpha value is -1.53. The molecule has 0 amide bonds. The first kappa shape index (κ1) is 14.4. The van der Waals surface area contributed by atoms with Crippen LogP contribution in [0.2, 0.25) is 0 Å². The van der Waals surface area contributed by atoms with Gasteiger partial charge in [0.05, 0.1) is 24.5 Å². The molecule has 3 rings (SSSR count). The molecule has 1 aromatic heterocycles. The number of benzene rings is 1. The maximum atomic E-state index is 10.4. The molecule has 2 heterocycles. The molecular weight excluding hydrogens is 336 g/mol. The summed E-state index contributed by atoms with van der Waals surface area (Å²) in [7, 11) is 3.45. The van der Waals surface area contributed by atoms with Crippen molar-refractivity contribution in [2.24, 2.45) is 7.05 Å². The van der Waals surface area contributed by atoms with E-state index in [1.807, 2.05) is 32.2 Å². The lowest BCUT2D eigenvalue weighted by atomic mass is 9.95. The van der Waals surface area contributed by atoms with Gasteiger partial charge in [0.25, 0.3) is 0 Å². The van der Waals surface area contributed by atoms with Crippen LogP contribution in [0.5, 0.6) is 11.6 Å². The summed E-state index contributed by atoms with van der Waals surface area (Å²) in [6.07, 6.45) is -0.357. The van der Waals surface area contributed by atoms with Crippen molar-refractivity contribution in [1.82, 2.24) is 9.78 Å². The molecule has 21 heavy (non-hydrogen) atoms. The lowest BCUT2D eigenvalue weighted by molar-refractivity contribution is 0.0640. The number of fused-ring (bicyclic) bond motifs is 1. The van der Waals surface area contributed by atoms with Gasteiger partial charge in [0.1, 0.15) is 11.9 Å². The quantitative estimate of drug-likeness (QED) is 0.902. The van der Waals surface area contributed by atoms with Crippen molar-refractivity contribution in [3.63, 3.8) is 0 Å². The predicted molar refractivity (Wildman–Crippen MR) is 81.6 cm³/mol. The molecule has 0 saturated carbocycles. The van der Waals surface area contributed by atoms with Gasteiger partial charge in [-0.25, -0.2) is 4.68 Å². The van der Waals surface area contributed by atoms with Crippen LogP contribution in [-0.4, -0.2) is 22.0 Å². The smallest absolute Gasteiger partial charge is 0.218 e. The van der Waals surface area contributed by atoms with Gasteiger partial charge in [-0.2, -0.15) is 5.10 Å². The number of rotatable bonds is 2. The van der Waals surface area contributed by atoms with E-state index >= 15 is 0 Å². The minimum atomic E-state index is -0.569. The van der Waals surface area contributed by atoms with Gasteiger partial charge in [0.15, 0.2) is 0 Å². The monoisotopic (exact) mass is 352 g/mol. The Morgan fingerprint density at radius 1 is 1.48 bits per heavy atom. The largest absolute Gasteiger partial charge is 0.485 e. The third-order valence-corrected chi connectivity index (χ3v) is 4.26. The van der Waals surface area contributed by atoms with Gasteiger partial charge >= 0.3 is 0 Å². The fourth-order valence-electron chi connectivity index (χ4n) is 2.86. The number of hydrogen-bond acceptors (Lipinski definition) is 4. The van der Waals surface area contributed by atoms with Gasteiger partial charge in [-0.15, -0.1) is 0 Å². The summed E-state index contributed by atoms with van der Waals surface area (Å²) in [5, 5.41) is 14.8. The molecule has 0 spiro atoms. The van der Waals surface area contributed by atoms with Crippen molar-refractivity contribution in [2.75, 3.05) is 7.11 Å². The zero-order chi connectivity index (χ0) is 15.1.